The van der Waals surface area contributed by atoms with Crippen LogP contribution in [0.3, 0.4) is 0 Å². The molecule has 2 rings (SSSR count). The fourth-order valence-electron chi connectivity index (χ4n) is 6.53. The van der Waals surface area contributed by atoms with Crippen molar-refractivity contribution in [1.82, 2.24) is 16.0 Å². The molecule has 7 atom stereocenters. The van der Waals surface area contributed by atoms with Crippen molar-refractivity contribution in [3.63, 3.8) is 0 Å². The average Bonchev–Trinajstić information content (AvgIpc) is 3.77. The van der Waals surface area contributed by atoms with Crippen molar-refractivity contribution in [3.8, 4) is 0 Å². The highest BCUT2D eigenvalue weighted by Crippen LogP contribution is 2.46. The Balaban J connectivity index is 1.59. The summed E-state index contributed by atoms with van der Waals surface area (Å²) >= 11 is 1.86. The normalized spacial score (nSPS) is 20.9. The molecule has 2 heterocycles. The van der Waals surface area contributed by atoms with Crippen LogP contribution in [0, 0.1) is 5.92 Å². The zero-order valence-corrected chi connectivity index (χ0v) is 41.1. The molecule has 24 heteroatoms. The third kappa shape index (κ3) is 30.1. The van der Waals surface area contributed by atoms with E-state index in [0.29, 0.717) is 63.3 Å². The fourth-order valence-corrected chi connectivity index (χ4v) is 12.8. The third-order valence-electron chi connectivity index (χ3n) is 9.87. The van der Waals surface area contributed by atoms with Crippen LogP contribution in [-0.2, 0) is 45.6 Å². The van der Waals surface area contributed by atoms with E-state index < -0.39 is 29.4 Å². The van der Waals surface area contributed by atoms with Crippen LogP contribution < -0.4 is 21.7 Å². The molecule has 61 heavy (non-hydrogen) atoms. The lowest BCUT2D eigenvalue weighted by atomic mass is 10.0. The maximum atomic E-state index is 12.7. The summed E-state index contributed by atoms with van der Waals surface area (Å²) in [5.41, 5.74) is 5.51. The summed E-state index contributed by atoms with van der Waals surface area (Å²) in [5, 5.41) is 9.24. The van der Waals surface area contributed by atoms with Crippen LogP contribution in [0.2, 0.25) is 0 Å². The van der Waals surface area contributed by atoms with Gasteiger partial charge in [0, 0.05) is 41.4 Å². The monoisotopic (exact) mass is 988 g/mol. The van der Waals surface area contributed by atoms with E-state index in [1.807, 2.05) is 33.3 Å². The predicted molar refractivity (Wildman–Crippen MR) is 245 cm³/mol. The lowest BCUT2D eigenvalue weighted by molar-refractivity contribution is -0.121. The number of phosphoric acid groups is 3. The van der Waals surface area contributed by atoms with Gasteiger partial charge in [0.2, 0.25) is 5.91 Å². The maximum absolute atomic E-state index is 12.7. The number of urea groups is 1. The van der Waals surface area contributed by atoms with Crippen molar-refractivity contribution in [1.29, 1.82) is 0 Å². The van der Waals surface area contributed by atoms with Gasteiger partial charge in [0.1, 0.15) is 0 Å². The van der Waals surface area contributed by atoms with Gasteiger partial charge in [-0.15, -0.1) is 0 Å². The van der Waals surface area contributed by atoms with Crippen LogP contribution in [0.4, 0.5) is 4.79 Å². The Morgan fingerprint density at radius 1 is 0.738 bits per heavy atom. The van der Waals surface area contributed by atoms with E-state index in [4.69, 9.17) is 28.4 Å². The van der Waals surface area contributed by atoms with Gasteiger partial charge in [-0.2, -0.15) is 11.8 Å². The summed E-state index contributed by atoms with van der Waals surface area (Å²) in [6.45, 7) is 2.67. The maximum Gasteiger partial charge on any atom is 0.472 e. The second-order valence-corrected chi connectivity index (χ2v) is 23.5. The minimum atomic E-state index is -4.38. The van der Waals surface area contributed by atoms with E-state index >= 15 is 0 Å². The number of hydrogen-bond acceptors (Lipinski definition) is 15. The van der Waals surface area contributed by atoms with E-state index in [-0.39, 0.29) is 63.7 Å². The Morgan fingerprint density at radius 3 is 1.84 bits per heavy atom. The lowest BCUT2D eigenvalue weighted by Gasteiger charge is -2.21. The highest BCUT2D eigenvalue weighted by Gasteiger charge is 2.42. The first-order valence-corrected chi connectivity index (χ1v) is 30.0. The van der Waals surface area contributed by atoms with Gasteiger partial charge in [0.25, 0.3) is 0 Å². The number of amides is 3. The van der Waals surface area contributed by atoms with Crippen molar-refractivity contribution >= 4 is 68.8 Å². The van der Waals surface area contributed by atoms with Gasteiger partial charge >= 0.3 is 29.5 Å². The molecule has 3 amide bonds. The molecule has 0 aromatic carbocycles. The van der Waals surface area contributed by atoms with E-state index in [9.17, 15) is 38.0 Å². The summed E-state index contributed by atoms with van der Waals surface area (Å²) in [5.74, 6) is 2.40. The lowest BCUT2D eigenvalue weighted by Crippen LogP contribution is -2.36. The van der Waals surface area contributed by atoms with Crippen molar-refractivity contribution in [2.75, 3.05) is 70.0 Å². The second-order valence-electron chi connectivity index (χ2n) is 15.2. The minimum Gasteiger partial charge on any atom is -0.356 e. The van der Waals surface area contributed by atoms with E-state index in [0.717, 1.165) is 94.3 Å². The number of carbonyl (C=O) groups excluding carboxylic acids is 2. The van der Waals surface area contributed by atoms with Crippen LogP contribution in [-0.4, -0.2) is 114 Å². The van der Waals surface area contributed by atoms with Gasteiger partial charge in [-0.3, -0.25) is 31.9 Å². The molecule has 0 saturated carbocycles. The largest absolute Gasteiger partial charge is 0.472 e. The van der Waals surface area contributed by atoms with Crippen molar-refractivity contribution in [2.24, 2.45) is 11.7 Å². The quantitative estimate of drug-likeness (QED) is 0.0132. The average molecular weight is 989 g/mol. The molecule has 2 aliphatic heterocycles. The topological polar surface area (TPSA) is 264 Å². The molecule has 2 aliphatic rings. The van der Waals surface area contributed by atoms with Gasteiger partial charge in [0.15, 0.2) is 0 Å². The zero-order chi connectivity index (χ0) is 44.7. The van der Waals surface area contributed by atoms with Crippen LogP contribution in [0.1, 0.15) is 129 Å². The van der Waals surface area contributed by atoms with Crippen molar-refractivity contribution in [3.05, 3.63) is 0 Å². The van der Waals surface area contributed by atoms with Gasteiger partial charge in [-0.25, -0.2) is 18.5 Å². The molecular formula is C37H75N4O14P3S3. The first-order valence-electron chi connectivity index (χ1n) is 22.0. The number of rotatable bonds is 42. The van der Waals surface area contributed by atoms with Gasteiger partial charge in [0.05, 0.1) is 51.7 Å². The number of nitrogens with two attached hydrogens (primary N) is 1. The molecule has 0 bridgehead atoms. The molecule has 0 radical (unpaired) electrons. The molecule has 0 aliphatic carbocycles. The van der Waals surface area contributed by atoms with Crippen LogP contribution in [0.15, 0.2) is 0 Å². The highest BCUT2D eigenvalue weighted by molar-refractivity contribution is 8.76. The molecule has 0 spiro atoms. The molecule has 2 fully saturated rings. The number of hydrogen-bond donors (Lipinski definition) is 7. The van der Waals surface area contributed by atoms with E-state index in [2.05, 4.69) is 20.5 Å². The second kappa shape index (κ2) is 34.4. The Hall–Kier alpha value is 0.0800. The number of nitrogens with one attached hydrogen (secondary N) is 3. The number of phosphoric ester groups is 3. The summed E-state index contributed by atoms with van der Waals surface area (Å²) in [7, 11) is -8.98. The van der Waals surface area contributed by atoms with Crippen LogP contribution in [0.5, 0.6) is 0 Å². The summed E-state index contributed by atoms with van der Waals surface area (Å²) in [4.78, 5) is 54.0. The van der Waals surface area contributed by atoms with E-state index in [1.165, 1.54) is 0 Å². The van der Waals surface area contributed by atoms with Gasteiger partial charge in [-0.1, -0.05) is 73.0 Å². The zero-order valence-electron chi connectivity index (χ0n) is 36.0. The molecule has 0 aromatic heterocycles. The fraction of sp³-hybridized carbons (Fsp3) is 0.946. The summed E-state index contributed by atoms with van der Waals surface area (Å²) in [6.07, 6.45) is 15.0. The number of carbonyl (C=O) groups is 2. The van der Waals surface area contributed by atoms with Crippen LogP contribution >= 0.6 is 56.8 Å². The summed E-state index contributed by atoms with van der Waals surface area (Å²) < 4.78 is 67.1. The van der Waals surface area contributed by atoms with E-state index in [1.54, 1.807) is 6.92 Å². The first-order chi connectivity index (χ1) is 29.3. The van der Waals surface area contributed by atoms with Gasteiger partial charge in [-0.05, 0) is 77.7 Å². The third-order valence-corrected chi connectivity index (χ3v) is 17.0. The molecule has 360 valence electrons. The van der Waals surface area contributed by atoms with Crippen LogP contribution in [0.25, 0.3) is 0 Å². The van der Waals surface area contributed by atoms with Gasteiger partial charge < -0.3 is 36.4 Å². The number of fused-ring (bicyclic) bond motifs is 1. The standard InChI is InChI=1S/C37H75N4O14P3S3/c1-2-50-56(44,45)51-24-15-5-7-17-27-60-61-28-18-8-6-16-26-53-58(48,49)55-30-32(29-54-57(46,47)52-25-14-4-3-12-22-38)19-11-13-23-39-35(42)21-10-9-20-34-36-33(31-59-34)40-37(43)41-36/h32-34,36H,2-31,38H2,1H3,(H,39,42)(H,44,45)(H,46,47)(H,48,49)(H2,40,41,43). The van der Waals surface area contributed by atoms with Crippen molar-refractivity contribution < 1.29 is 65.1 Å². The smallest absolute Gasteiger partial charge is 0.356 e. The molecule has 8 N–H and O–H groups in total. The number of unbranched alkanes of at least 4 members (excludes halogenated alkanes) is 11. The molecular weight excluding hydrogens is 914 g/mol. The Bertz CT molecular complexity index is 1340. The first kappa shape index (κ1) is 57.2. The SMILES string of the molecule is CCOP(=O)(O)OCCCCCCSSCCCCCCOP(=O)(O)OCC(CCCCNC(=O)CCCCC1SCC2NC(=O)NC21)COP(=O)(O)OCCCCCCN. The minimum absolute atomic E-state index is 0.0324. The molecule has 0 aromatic rings. The Kier molecular flexibility index (Phi) is 32.3. The predicted octanol–water partition coefficient (Wildman–Crippen LogP) is 8.06. The number of thioether (sulfide) groups is 1. The van der Waals surface area contributed by atoms with Crippen molar-refractivity contribution in [2.45, 2.75) is 146 Å². The molecule has 7 unspecified atom stereocenters. The molecule has 18 nitrogen and oxygen atoms in total. The highest BCUT2D eigenvalue weighted by atomic mass is 33.1. The Labute approximate surface area is 376 Å². The Morgan fingerprint density at radius 2 is 1.28 bits per heavy atom. The summed E-state index contributed by atoms with van der Waals surface area (Å²) in [6, 6.07) is 0.244. The molecule has 2 saturated heterocycles.